The minimum Gasteiger partial charge on any atom is -0.300 e. The van der Waals surface area contributed by atoms with Gasteiger partial charge in [0.05, 0.1) is 0 Å². The summed E-state index contributed by atoms with van der Waals surface area (Å²) in [6.45, 7) is 2.14. The normalized spacial score (nSPS) is 18.4. The van der Waals surface area contributed by atoms with Gasteiger partial charge in [-0.15, -0.1) is 0 Å². The van der Waals surface area contributed by atoms with Crippen molar-refractivity contribution >= 4 is 5.78 Å². The van der Waals surface area contributed by atoms with E-state index < -0.39 is 0 Å². The van der Waals surface area contributed by atoms with Crippen molar-refractivity contribution in [1.29, 1.82) is 0 Å². The molecule has 1 aliphatic rings. The maximum Gasteiger partial charge on any atom is 0.133 e. The smallest absolute Gasteiger partial charge is 0.133 e. The zero-order chi connectivity index (χ0) is 8.81. The minimum absolute atomic E-state index is 0.503. The molecule has 1 saturated carbocycles. The fraction of sp³-hybridized carbons (Fsp3) is 0.909. The highest BCUT2D eigenvalue weighted by molar-refractivity contribution is 5.78. The maximum absolute atomic E-state index is 11.4. The Hall–Kier alpha value is -0.330. The third-order valence-corrected chi connectivity index (χ3v) is 2.80. The fourth-order valence-corrected chi connectivity index (χ4v) is 2.01. The molecule has 0 atom stereocenters. The van der Waals surface area contributed by atoms with E-state index >= 15 is 0 Å². The topological polar surface area (TPSA) is 17.1 Å². The second-order valence-corrected chi connectivity index (χ2v) is 4.00. The van der Waals surface area contributed by atoms with Gasteiger partial charge in [0.2, 0.25) is 0 Å². The Morgan fingerprint density at radius 3 is 2.58 bits per heavy atom. The predicted molar refractivity (Wildman–Crippen MR) is 51.1 cm³/mol. The molecule has 0 aromatic heterocycles. The van der Waals surface area contributed by atoms with E-state index in [1.807, 2.05) is 0 Å². The van der Waals surface area contributed by atoms with Crippen molar-refractivity contribution in [3.63, 3.8) is 0 Å². The molecule has 0 N–H and O–H groups in total. The summed E-state index contributed by atoms with van der Waals surface area (Å²) in [7, 11) is 0. The Balaban J connectivity index is 2.08. The van der Waals surface area contributed by atoms with Crippen LogP contribution in [0.5, 0.6) is 0 Å². The molecule has 0 spiro atoms. The van der Waals surface area contributed by atoms with Crippen LogP contribution in [0.15, 0.2) is 0 Å². The average molecular weight is 168 g/mol. The molecule has 0 aliphatic heterocycles. The van der Waals surface area contributed by atoms with Crippen LogP contribution in [-0.2, 0) is 4.79 Å². The zero-order valence-electron chi connectivity index (χ0n) is 8.14. The molecule has 1 rings (SSSR count). The first-order chi connectivity index (χ1) is 5.83. The van der Waals surface area contributed by atoms with Crippen LogP contribution in [0.4, 0.5) is 0 Å². The molecule has 1 aliphatic carbocycles. The molecule has 70 valence electrons. The van der Waals surface area contributed by atoms with Crippen molar-refractivity contribution in [2.24, 2.45) is 5.92 Å². The van der Waals surface area contributed by atoms with Crippen molar-refractivity contribution in [3.05, 3.63) is 0 Å². The number of unbranched alkanes of at least 4 members (excludes halogenated alkanes) is 1. The fourth-order valence-electron chi connectivity index (χ4n) is 2.01. The molecule has 0 saturated heterocycles. The van der Waals surface area contributed by atoms with E-state index in [-0.39, 0.29) is 0 Å². The minimum atomic E-state index is 0.503. The van der Waals surface area contributed by atoms with Crippen LogP contribution in [0.1, 0.15) is 58.3 Å². The number of hydrogen-bond donors (Lipinski definition) is 0. The number of hydrogen-bond acceptors (Lipinski definition) is 1. The zero-order valence-corrected chi connectivity index (χ0v) is 8.14. The average Bonchev–Trinajstić information content (AvgIpc) is 2.53. The van der Waals surface area contributed by atoms with Gasteiger partial charge in [0.15, 0.2) is 0 Å². The van der Waals surface area contributed by atoms with Crippen molar-refractivity contribution < 1.29 is 4.79 Å². The summed E-state index contributed by atoms with van der Waals surface area (Å²) < 4.78 is 0. The standard InChI is InChI=1S/C11H20O/c1-2-3-8-11(12)9-10-6-4-5-7-10/h10H,2-9H2,1H3. The monoisotopic (exact) mass is 168 g/mol. The van der Waals surface area contributed by atoms with E-state index in [9.17, 15) is 4.79 Å². The lowest BCUT2D eigenvalue weighted by molar-refractivity contribution is -0.120. The quantitative estimate of drug-likeness (QED) is 0.615. The maximum atomic E-state index is 11.4. The summed E-state index contributed by atoms with van der Waals surface area (Å²) >= 11 is 0. The van der Waals surface area contributed by atoms with Gasteiger partial charge in [0, 0.05) is 12.8 Å². The lowest BCUT2D eigenvalue weighted by Crippen LogP contribution is -2.04. The van der Waals surface area contributed by atoms with Crippen LogP contribution in [0.3, 0.4) is 0 Å². The van der Waals surface area contributed by atoms with Gasteiger partial charge >= 0.3 is 0 Å². The molecule has 12 heavy (non-hydrogen) atoms. The molecule has 0 heterocycles. The number of ketones is 1. The van der Waals surface area contributed by atoms with E-state index in [0.717, 1.165) is 31.6 Å². The van der Waals surface area contributed by atoms with Crippen LogP contribution in [0, 0.1) is 5.92 Å². The van der Waals surface area contributed by atoms with Gasteiger partial charge in [0.1, 0.15) is 5.78 Å². The van der Waals surface area contributed by atoms with Gasteiger partial charge in [-0.25, -0.2) is 0 Å². The third kappa shape index (κ3) is 3.38. The Morgan fingerprint density at radius 1 is 1.33 bits per heavy atom. The lowest BCUT2D eigenvalue weighted by Gasteiger charge is -2.06. The third-order valence-electron chi connectivity index (χ3n) is 2.80. The van der Waals surface area contributed by atoms with Crippen LogP contribution in [0.25, 0.3) is 0 Å². The van der Waals surface area contributed by atoms with E-state index in [1.165, 1.54) is 25.7 Å². The summed E-state index contributed by atoms with van der Waals surface area (Å²) in [5.41, 5.74) is 0. The van der Waals surface area contributed by atoms with Crippen LogP contribution < -0.4 is 0 Å². The molecular weight excluding hydrogens is 148 g/mol. The highest BCUT2D eigenvalue weighted by atomic mass is 16.1. The highest BCUT2D eigenvalue weighted by Gasteiger charge is 2.17. The molecule has 0 aromatic carbocycles. The summed E-state index contributed by atoms with van der Waals surface area (Å²) in [5.74, 6) is 1.25. The van der Waals surface area contributed by atoms with Gasteiger partial charge < -0.3 is 0 Å². The highest BCUT2D eigenvalue weighted by Crippen LogP contribution is 2.28. The van der Waals surface area contributed by atoms with Gasteiger partial charge in [-0.3, -0.25) is 4.79 Å². The first-order valence-corrected chi connectivity index (χ1v) is 5.34. The molecule has 0 amide bonds. The SMILES string of the molecule is CCCCC(=O)CC1CCCC1. The summed E-state index contributed by atoms with van der Waals surface area (Å²) in [6.07, 6.45) is 9.25. The molecule has 0 aromatic rings. The molecule has 1 heteroatoms. The van der Waals surface area contributed by atoms with E-state index in [4.69, 9.17) is 0 Å². The Morgan fingerprint density at radius 2 is 2.00 bits per heavy atom. The van der Waals surface area contributed by atoms with Crippen molar-refractivity contribution in [1.82, 2.24) is 0 Å². The summed E-state index contributed by atoms with van der Waals surface area (Å²) in [6, 6.07) is 0. The summed E-state index contributed by atoms with van der Waals surface area (Å²) in [5, 5.41) is 0. The van der Waals surface area contributed by atoms with Gasteiger partial charge in [0.25, 0.3) is 0 Å². The second kappa shape index (κ2) is 5.34. The Bertz CT molecular complexity index is 134. The van der Waals surface area contributed by atoms with Crippen LogP contribution in [-0.4, -0.2) is 5.78 Å². The molecular formula is C11H20O. The number of Topliss-reactive ketones (excluding diaryl/α,β-unsaturated/α-hetero) is 1. The van der Waals surface area contributed by atoms with E-state index in [2.05, 4.69) is 6.92 Å². The number of carbonyl (C=O) groups is 1. The first kappa shape index (κ1) is 9.76. The largest absolute Gasteiger partial charge is 0.300 e. The molecule has 1 fully saturated rings. The predicted octanol–water partition coefficient (Wildman–Crippen LogP) is 3.33. The van der Waals surface area contributed by atoms with E-state index in [1.54, 1.807) is 0 Å². The first-order valence-electron chi connectivity index (χ1n) is 5.34. The lowest BCUT2D eigenvalue weighted by atomic mass is 9.98. The number of rotatable bonds is 5. The second-order valence-electron chi connectivity index (χ2n) is 4.00. The van der Waals surface area contributed by atoms with Crippen molar-refractivity contribution in [2.75, 3.05) is 0 Å². The van der Waals surface area contributed by atoms with E-state index in [0.29, 0.717) is 5.78 Å². The Kier molecular flexibility index (Phi) is 4.34. The Labute approximate surface area is 75.5 Å². The van der Waals surface area contributed by atoms with Gasteiger partial charge in [-0.05, 0) is 12.3 Å². The summed E-state index contributed by atoms with van der Waals surface area (Å²) in [4.78, 5) is 11.4. The van der Waals surface area contributed by atoms with Crippen LogP contribution >= 0.6 is 0 Å². The van der Waals surface area contributed by atoms with Crippen molar-refractivity contribution in [3.8, 4) is 0 Å². The number of carbonyl (C=O) groups excluding carboxylic acids is 1. The van der Waals surface area contributed by atoms with Crippen molar-refractivity contribution in [2.45, 2.75) is 58.3 Å². The molecule has 0 unspecified atom stereocenters. The molecule has 1 nitrogen and oxygen atoms in total. The van der Waals surface area contributed by atoms with Crippen LogP contribution in [0.2, 0.25) is 0 Å². The molecule has 0 radical (unpaired) electrons. The van der Waals surface area contributed by atoms with Gasteiger partial charge in [-0.2, -0.15) is 0 Å². The van der Waals surface area contributed by atoms with Gasteiger partial charge in [-0.1, -0.05) is 39.0 Å². The molecule has 0 bridgehead atoms.